The SMILES string of the molecule is CCC1CCCCCN1c1nccc(CN)n1. The van der Waals surface area contributed by atoms with E-state index in [-0.39, 0.29) is 0 Å². The van der Waals surface area contributed by atoms with Gasteiger partial charge in [0.15, 0.2) is 0 Å². The van der Waals surface area contributed by atoms with Gasteiger partial charge in [-0.05, 0) is 25.3 Å². The van der Waals surface area contributed by atoms with E-state index in [0.717, 1.165) is 24.6 Å². The Morgan fingerprint density at radius 3 is 3.06 bits per heavy atom. The Balaban J connectivity index is 2.21. The minimum atomic E-state index is 0.486. The zero-order chi connectivity index (χ0) is 12.1. The number of rotatable bonds is 3. The van der Waals surface area contributed by atoms with Gasteiger partial charge in [-0.2, -0.15) is 0 Å². The largest absolute Gasteiger partial charge is 0.338 e. The van der Waals surface area contributed by atoms with Gasteiger partial charge in [-0.25, -0.2) is 9.97 Å². The third kappa shape index (κ3) is 2.94. The van der Waals surface area contributed by atoms with Crippen LogP contribution in [0.5, 0.6) is 0 Å². The molecule has 1 fully saturated rings. The summed E-state index contributed by atoms with van der Waals surface area (Å²) in [5.74, 6) is 0.863. The van der Waals surface area contributed by atoms with E-state index in [0.29, 0.717) is 12.6 Å². The summed E-state index contributed by atoms with van der Waals surface area (Å²) in [4.78, 5) is 11.3. The highest BCUT2D eigenvalue weighted by molar-refractivity contribution is 5.32. The lowest BCUT2D eigenvalue weighted by atomic mass is 10.1. The fraction of sp³-hybridized carbons (Fsp3) is 0.692. The number of anilines is 1. The number of nitrogens with two attached hydrogens (primary N) is 1. The molecule has 0 radical (unpaired) electrons. The molecule has 2 N–H and O–H groups in total. The monoisotopic (exact) mass is 234 g/mol. The van der Waals surface area contributed by atoms with Crippen LogP contribution in [0.25, 0.3) is 0 Å². The highest BCUT2D eigenvalue weighted by Gasteiger charge is 2.21. The second-order valence-corrected chi connectivity index (χ2v) is 4.66. The van der Waals surface area contributed by atoms with Gasteiger partial charge < -0.3 is 10.6 Å². The number of aromatic nitrogens is 2. The van der Waals surface area contributed by atoms with E-state index in [1.165, 1.54) is 25.7 Å². The second-order valence-electron chi connectivity index (χ2n) is 4.66. The minimum absolute atomic E-state index is 0.486. The van der Waals surface area contributed by atoms with Crippen LogP contribution in [0.3, 0.4) is 0 Å². The van der Waals surface area contributed by atoms with Crippen LogP contribution in [-0.2, 0) is 6.54 Å². The Kier molecular flexibility index (Phi) is 4.31. The Bertz CT molecular complexity index is 353. The Labute approximate surface area is 103 Å². The molecule has 1 aromatic rings. The average Bonchev–Trinajstić information content (AvgIpc) is 2.63. The number of hydrogen-bond acceptors (Lipinski definition) is 4. The van der Waals surface area contributed by atoms with E-state index in [4.69, 9.17) is 5.73 Å². The van der Waals surface area contributed by atoms with Crippen molar-refractivity contribution in [3.05, 3.63) is 18.0 Å². The van der Waals surface area contributed by atoms with Gasteiger partial charge in [0.05, 0.1) is 5.69 Å². The summed E-state index contributed by atoms with van der Waals surface area (Å²) in [5, 5.41) is 0. The standard InChI is InChI=1S/C13H22N4/c1-2-12-6-4-3-5-9-17(12)13-15-8-7-11(10-14)16-13/h7-8,12H,2-6,9-10,14H2,1H3. The van der Waals surface area contributed by atoms with E-state index >= 15 is 0 Å². The van der Waals surface area contributed by atoms with E-state index in [2.05, 4.69) is 21.8 Å². The lowest BCUT2D eigenvalue weighted by Crippen LogP contribution is -2.35. The van der Waals surface area contributed by atoms with Gasteiger partial charge in [-0.1, -0.05) is 19.8 Å². The molecular formula is C13H22N4. The Hall–Kier alpha value is -1.16. The van der Waals surface area contributed by atoms with Crippen molar-refractivity contribution >= 4 is 5.95 Å². The molecule has 1 aliphatic heterocycles. The van der Waals surface area contributed by atoms with Crippen molar-refractivity contribution in [1.82, 2.24) is 9.97 Å². The van der Waals surface area contributed by atoms with E-state index in [1.54, 1.807) is 0 Å². The summed E-state index contributed by atoms with van der Waals surface area (Å²) in [7, 11) is 0. The minimum Gasteiger partial charge on any atom is -0.338 e. The van der Waals surface area contributed by atoms with Crippen molar-refractivity contribution in [2.75, 3.05) is 11.4 Å². The second kappa shape index (κ2) is 5.96. The third-order valence-corrected chi connectivity index (χ3v) is 3.51. The zero-order valence-corrected chi connectivity index (χ0v) is 10.6. The topological polar surface area (TPSA) is 55.0 Å². The Morgan fingerprint density at radius 2 is 2.29 bits per heavy atom. The maximum atomic E-state index is 5.64. The molecule has 0 amide bonds. The van der Waals surface area contributed by atoms with Crippen LogP contribution in [-0.4, -0.2) is 22.6 Å². The van der Waals surface area contributed by atoms with Gasteiger partial charge in [0, 0.05) is 25.3 Å². The van der Waals surface area contributed by atoms with Gasteiger partial charge in [-0.15, -0.1) is 0 Å². The summed E-state index contributed by atoms with van der Waals surface area (Å²) in [6.45, 7) is 3.81. The highest BCUT2D eigenvalue weighted by Crippen LogP contribution is 2.22. The molecule has 0 aromatic carbocycles. The van der Waals surface area contributed by atoms with Gasteiger partial charge >= 0.3 is 0 Å². The van der Waals surface area contributed by atoms with Crippen LogP contribution >= 0.6 is 0 Å². The van der Waals surface area contributed by atoms with Gasteiger partial charge in [-0.3, -0.25) is 0 Å². The zero-order valence-electron chi connectivity index (χ0n) is 10.6. The maximum absolute atomic E-state index is 5.64. The molecule has 4 heteroatoms. The molecule has 94 valence electrons. The summed E-state index contributed by atoms with van der Waals surface area (Å²) in [6, 6.07) is 2.48. The van der Waals surface area contributed by atoms with Crippen molar-refractivity contribution in [3.8, 4) is 0 Å². The van der Waals surface area contributed by atoms with Crippen LogP contribution in [0.2, 0.25) is 0 Å². The smallest absolute Gasteiger partial charge is 0.225 e. The van der Waals surface area contributed by atoms with Crippen molar-refractivity contribution < 1.29 is 0 Å². The van der Waals surface area contributed by atoms with E-state index in [9.17, 15) is 0 Å². The molecule has 1 aromatic heterocycles. The van der Waals surface area contributed by atoms with E-state index in [1.807, 2.05) is 12.3 Å². The first-order valence-electron chi connectivity index (χ1n) is 6.63. The summed E-state index contributed by atoms with van der Waals surface area (Å²) in [6.07, 6.45) is 8.13. The summed E-state index contributed by atoms with van der Waals surface area (Å²) < 4.78 is 0. The lowest BCUT2D eigenvalue weighted by molar-refractivity contribution is 0.546. The van der Waals surface area contributed by atoms with Crippen molar-refractivity contribution in [2.24, 2.45) is 5.73 Å². The third-order valence-electron chi connectivity index (χ3n) is 3.51. The lowest BCUT2D eigenvalue weighted by Gasteiger charge is -2.29. The Morgan fingerprint density at radius 1 is 1.41 bits per heavy atom. The highest BCUT2D eigenvalue weighted by atomic mass is 15.3. The molecule has 0 saturated carbocycles. The van der Waals surface area contributed by atoms with Crippen molar-refractivity contribution in [3.63, 3.8) is 0 Å². The fourth-order valence-corrected chi connectivity index (χ4v) is 2.50. The quantitative estimate of drug-likeness (QED) is 0.870. The van der Waals surface area contributed by atoms with Gasteiger partial charge in [0.1, 0.15) is 0 Å². The molecular weight excluding hydrogens is 212 g/mol. The summed E-state index contributed by atoms with van der Waals surface area (Å²) >= 11 is 0. The predicted molar refractivity (Wildman–Crippen MR) is 69.8 cm³/mol. The fourth-order valence-electron chi connectivity index (χ4n) is 2.50. The predicted octanol–water partition coefficient (Wildman–Crippen LogP) is 2.09. The van der Waals surface area contributed by atoms with Crippen molar-refractivity contribution in [1.29, 1.82) is 0 Å². The molecule has 4 nitrogen and oxygen atoms in total. The van der Waals surface area contributed by atoms with Crippen LogP contribution < -0.4 is 10.6 Å². The summed E-state index contributed by atoms with van der Waals surface area (Å²) in [5.41, 5.74) is 6.56. The molecule has 1 unspecified atom stereocenters. The molecule has 2 heterocycles. The molecule has 2 rings (SSSR count). The van der Waals surface area contributed by atoms with Crippen LogP contribution in [0.4, 0.5) is 5.95 Å². The van der Waals surface area contributed by atoms with Crippen LogP contribution in [0.15, 0.2) is 12.3 Å². The van der Waals surface area contributed by atoms with Crippen LogP contribution in [0.1, 0.15) is 44.7 Å². The van der Waals surface area contributed by atoms with Crippen LogP contribution in [0, 0.1) is 0 Å². The van der Waals surface area contributed by atoms with Crippen molar-refractivity contribution in [2.45, 2.75) is 51.6 Å². The normalized spacial score (nSPS) is 21.3. The number of hydrogen-bond donors (Lipinski definition) is 1. The van der Waals surface area contributed by atoms with E-state index < -0.39 is 0 Å². The maximum Gasteiger partial charge on any atom is 0.225 e. The first-order valence-corrected chi connectivity index (χ1v) is 6.63. The molecule has 1 atom stereocenters. The molecule has 1 aliphatic rings. The molecule has 0 spiro atoms. The molecule has 0 aliphatic carbocycles. The molecule has 17 heavy (non-hydrogen) atoms. The first-order chi connectivity index (χ1) is 8.35. The van der Waals surface area contributed by atoms with Gasteiger partial charge in [0.25, 0.3) is 0 Å². The van der Waals surface area contributed by atoms with Gasteiger partial charge in [0.2, 0.25) is 5.95 Å². The number of nitrogens with zero attached hydrogens (tertiary/aromatic N) is 3. The molecule has 0 bridgehead atoms. The molecule has 1 saturated heterocycles. The average molecular weight is 234 g/mol. The first kappa shape index (κ1) is 12.3.